The van der Waals surface area contributed by atoms with E-state index in [1.54, 1.807) is 0 Å². The highest BCUT2D eigenvalue weighted by Gasteiger charge is 2.22. The van der Waals surface area contributed by atoms with Gasteiger partial charge in [0.2, 0.25) is 0 Å². The topological polar surface area (TPSA) is 54.4 Å². The molecule has 1 aromatic carbocycles. The zero-order chi connectivity index (χ0) is 10.9. The van der Waals surface area contributed by atoms with Crippen LogP contribution >= 0.6 is 0 Å². The number of carbonyl (C=O) groups excluding carboxylic acids is 1. The molecule has 0 radical (unpaired) electrons. The first kappa shape index (κ1) is 10.2. The van der Waals surface area contributed by atoms with Crippen LogP contribution in [0, 0.1) is 17.5 Å². The van der Waals surface area contributed by atoms with Gasteiger partial charge in [-0.25, -0.2) is 18.0 Å². The third kappa shape index (κ3) is 1.73. The maximum absolute atomic E-state index is 12.8. The molecule has 0 atom stereocenters. The average molecular weight is 204 g/mol. The fourth-order valence-corrected chi connectivity index (χ4v) is 0.836. The minimum Gasteiger partial charge on any atom is -0.475 e. The van der Waals surface area contributed by atoms with Gasteiger partial charge < -0.3 is 5.11 Å². The fraction of sp³-hybridized carbons (Fsp3) is 0. The van der Waals surface area contributed by atoms with Gasteiger partial charge in [-0.3, -0.25) is 4.79 Å². The van der Waals surface area contributed by atoms with Gasteiger partial charge in [0.15, 0.2) is 11.6 Å². The van der Waals surface area contributed by atoms with Crippen LogP contribution in [-0.4, -0.2) is 16.9 Å². The second-order valence-electron chi connectivity index (χ2n) is 2.38. The lowest BCUT2D eigenvalue weighted by molar-refractivity contribution is -0.131. The summed E-state index contributed by atoms with van der Waals surface area (Å²) in [7, 11) is 0. The Morgan fingerprint density at radius 1 is 1.14 bits per heavy atom. The van der Waals surface area contributed by atoms with Crippen LogP contribution in [0.4, 0.5) is 13.2 Å². The summed E-state index contributed by atoms with van der Waals surface area (Å²) in [5, 5.41) is 8.18. The zero-order valence-corrected chi connectivity index (χ0v) is 6.55. The fourth-order valence-electron chi connectivity index (χ4n) is 0.836. The molecular weight excluding hydrogens is 201 g/mol. The van der Waals surface area contributed by atoms with Crippen molar-refractivity contribution < 1.29 is 27.9 Å². The molecule has 0 amide bonds. The molecule has 0 aliphatic heterocycles. The predicted molar refractivity (Wildman–Crippen MR) is 38.3 cm³/mol. The lowest BCUT2D eigenvalue weighted by Crippen LogP contribution is -2.15. The van der Waals surface area contributed by atoms with Crippen LogP contribution in [0.3, 0.4) is 0 Å². The second kappa shape index (κ2) is 3.49. The number of carboxylic acids is 1. The minimum absolute atomic E-state index is 0.216. The smallest absolute Gasteiger partial charge is 0.377 e. The number of hydrogen-bond acceptors (Lipinski definition) is 2. The predicted octanol–water partition coefficient (Wildman–Crippen LogP) is 1.37. The first-order valence-corrected chi connectivity index (χ1v) is 3.35. The second-order valence-corrected chi connectivity index (χ2v) is 2.38. The molecule has 0 heterocycles. The molecule has 0 fully saturated rings. The maximum atomic E-state index is 12.8. The quantitative estimate of drug-likeness (QED) is 0.449. The van der Waals surface area contributed by atoms with Gasteiger partial charge in [-0.2, -0.15) is 0 Å². The molecular formula is C8H3F3O3. The lowest BCUT2D eigenvalue weighted by atomic mass is 10.1. The summed E-state index contributed by atoms with van der Waals surface area (Å²) in [5.41, 5.74) is -1.13. The van der Waals surface area contributed by atoms with Crippen molar-refractivity contribution in [2.75, 3.05) is 0 Å². The number of rotatable bonds is 2. The van der Waals surface area contributed by atoms with Crippen molar-refractivity contribution in [3.8, 4) is 0 Å². The number of benzene rings is 1. The third-order valence-electron chi connectivity index (χ3n) is 1.43. The molecule has 0 aromatic heterocycles. The molecule has 3 nitrogen and oxygen atoms in total. The summed E-state index contributed by atoms with van der Waals surface area (Å²) in [6, 6.07) is 0.544. The number of halogens is 3. The molecule has 1 N–H and O–H groups in total. The largest absolute Gasteiger partial charge is 0.475 e. The van der Waals surface area contributed by atoms with E-state index in [9.17, 15) is 22.8 Å². The monoisotopic (exact) mass is 204 g/mol. The molecule has 0 saturated heterocycles. The molecule has 0 saturated carbocycles. The van der Waals surface area contributed by atoms with Gasteiger partial charge in [0.1, 0.15) is 5.82 Å². The number of carboxylic acid groups (broad SMARTS) is 1. The first-order valence-electron chi connectivity index (χ1n) is 3.35. The zero-order valence-electron chi connectivity index (χ0n) is 6.55. The molecule has 0 bridgehead atoms. The van der Waals surface area contributed by atoms with Crippen LogP contribution in [0.5, 0.6) is 0 Å². The van der Waals surface area contributed by atoms with E-state index in [4.69, 9.17) is 5.11 Å². The summed E-state index contributed by atoms with van der Waals surface area (Å²) in [6.07, 6.45) is 0. The Hall–Kier alpha value is -1.85. The van der Waals surface area contributed by atoms with E-state index in [1.165, 1.54) is 0 Å². The van der Waals surface area contributed by atoms with Gasteiger partial charge in [-0.15, -0.1) is 0 Å². The van der Waals surface area contributed by atoms with Crippen molar-refractivity contribution in [1.29, 1.82) is 0 Å². The van der Waals surface area contributed by atoms with Gasteiger partial charge >= 0.3 is 5.97 Å². The van der Waals surface area contributed by atoms with Crippen molar-refractivity contribution in [3.63, 3.8) is 0 Å². The standard InChI is InChI=1S/C8H3F3O3/c9-3-1-4(7(12)8(13)14)6(11)5(10)2-3/h1-2H,(H,13,14). The van der Waals surface area contributed by atoms with Gasteiger partial charge in [0, 0.05) is 6.07 Å². The van der Waals surface area contributed by atoms with E-state index < -0.39 is 34.8 Å². The highest BCUT2D eigenvalue weighted by atomic mass is 19.2. The molecule has 6 heteroatoms. The van der Waals surface area contributed by atoms with E-state index in [1.807, 2.05) is 0 Å². The highest BCUT2D eigenvalue weighted by Crippen LogP contribution is 2.14. The Morgan fingerprint density at radius 2 is 1.71 bits per heavy atom. The van der Waals surface area contributed by atoms with Crippen LogP contribution in [-0.2, 0) is 4.79 Å². The highest BCUT2D eigenvalue weighted by molar-refractivity contribution is 6.39. The SMILES string of the molecule is O=C(O)C(=O)c1cc(F)cc(F)c1F. The number of Topliss-reactive ketones (excluding diaryl/α,β-unsaturated/α-hetero) is 1. The van der Waals surface area contributed by atoms with Crippen molar-refractivity contribution in [3.05, 3.63) is 35.1 Å². The molecule has 1 aromatic rings. The van der Waals surface area contributed by atoms with Gasteiger partial charge in [0.25, 0.3) is 5.78 Å². The van der Waals surface area contributed by atoms with Crippen LogP contribution in [0.1, 0.15) is 10.4 Å². The summed E-state index contributed by atoms with van der Waals surface area (Å²) in [4.78, 5) is 20.8. The van der Waals surface area contributed by atoms with Gasteiger partial charge in [0.05, 0.1) is 5.56 Å². The van der Waals surface area contributed by atoms with E-state index in [0.717, 1.165) is 0 Å². The number of carbonyl (C=O) groups is 2. The Kier molecular flexibility index (Phi) is 2.55. The van der Waals surface area contributed by atoms with Crippen molar-refractivity contribution in [1.82, 2.24) is 0 Å². The number of hydrogen-bond donors (Lipinski definition) is 1. The third-order valence-corrected chi connectivity index (χ3v) is 1.43. The molecule has 0 aliphatic carbocycles. The summed E-state index contributed by atoms with van der Waals surface area (Å²) in [6.45, 7) is 0. The molecule has 0 spiro atoms. The minimum atomic E-state index is -1.98. The van der Waals surface area contributed by atoms with Crippen LogP contribution < -0.4 is 0 Å². The van der Waals surface area contributed by atoms with Gasteiger partial charge in [-0.05, 0) is 6.07 Å². The lowest BCUT2D eigenvalue weighted by Gasteiger charge is -1.99. The number of aliphatic carboxylic acids is 1. The van der Waals surface area contributed by atoms with E-state index in [2.05, 4.69) is 0 Å². The molecule has 0 unspecified atom stereocenters. The van der Waals surface area contributed by atoms with E-state index in [0.29, 0.717) is 6.07 Å². The summed E-state index contributed by atoms with van der Waals surface area (Å²) < 4.78 is 37.8. The van der Waals surface area contributed by atoms with Crippen LogP contribution in [0.25, 0.3) is 0 Å². The molecule has 74 valence electrons. The maximum Gasteiger partial charge on any atom is 0.377 e. The van der Waals surface area contributed by atoms with E-state index in [-0.39, 0.29) is 6.07 Å². The summed E-state index contributed by atoms with van der Waals surface area (Å²) >= 11 is 0. The van der Waals surface area contributed by atoms with Crippen molar-refractivity contribution in [2.24, 2.45) is 0 Å². The Bertz CT molecular complexity index is 415. The Morgan fingerprint density at radius 3 is 2.21 bits per heavy atom. The van der Waals surface area contributed by atoms with Gasteiger partial charge in [-0.1, -0.05) is 0 Å². The average Bonchev–Trinajstić information content (AvgIpc) is 2.09. The Labute approximate surface area is 75.8 Å². The summed E-state index contributed by atoms with van der Waals surface area (Å²) in [5.74, 6) is -8.16. The molecule has 1 rings (SSSR count). The first-order chi connectivity index (χ1) is 6.43. The van der Waals surface area contributed by atoms with Crippen LogP contribution in [0.15, 0.2) is 12.1 Å². The van der Waals surface area contributed by atoms with Crippen molar-refractivity contribution in [2.45, 2.75) is 0 Å². The molecule has 0 aliphatic rings. The number of ketones is 1. The molecule has 14 heavy (non-hydrogen) atoms. The Balaban J connectivity index is 3.34. The van der Waals surface area contributed by atoms with Crippen molar-refractivity contribution >= 4 is 11.8 Å². The normalized spacial score (nSPS) is 9.93. The van der Waals surface area contributed by atoms with Crippen LogP contribution in [0.2, 0.25) is 0 Å². The van der Waals surface area contributed by atoms with E-state index >= 15 is 0 Å².